The molecule has 30 heavy (non-hydrogen) atoms. The summed E-state index contributed by atoms with van der Waals surface area (Å²) < 4.78 is 1.52. The molecule has 0 fully saturated rings. The fraction of sp³-hybridized carbons (Fsp3) is 0.100. The summed E-state index contributed by atoms with van der Waals surface area (Å²) in [4.78, 5) is 27.3. The summed E-state index contributed by atoms with van der Waals surface area (Å²) >= 11 is 0. The number of rotatable bonds is 4. The van der Waals surface area contributed by atoms with Crippen molar-refractivity contribution in [3.8, 4) is 17.5 Å². The van der Waals surface area contributed by atoms with E-state index in [-0.39, 0.29) is 11.5 Å². The number of nitrogens with two attached hydrogens (primary N) is 1. The standard InChI is InChI=1S/C20H15N7O3/c1-11-16(18(22)28)17(13-7-5-12(10-21)6-8-13)26-20(23-11)24-19(25-26)14-3-2-4-15(9-14)27(29)30/h2-9,17H,1H3,(H2,22,28)(H,23,24,25). The van der Waals surface area contributed by atoms with Crippen LogP contribution in [0, 0.1) is 21.4 Å². The first-order chi connectivity index (χ1) is 14.4. The van der Waals surface area contributed by atoms with E-state index in [9.17, 15) is 14.9 Å². The van der Waals surface area contributed by atoms with Gasteiger partial charge in [0.1, 0.15) is 6.04 Å². The average Bonchev–Trinajstić information content (AvgIpc) is 3.16. The zero-order valence-electron chi connectivity index (χ0n) is 15.7. The molecule has 3 aromatic rings. The molecule has 3 N–H and O–H groups in total. The maximum atomic E-state index is 12.2. The number of nitrogens with zero attached hydrogens (tertiary/aromatic N) is 5. The summed E-state index contributed by atoms with van der Waals surface area (Å²) in [6.45, 7) is 1.71. The lowest BCUT2D eigenvalue weighted by molar-refractivity contribution is -0.384. The van der Waals surface area contributed by atoms with E-state index in [0.29, 0.717) is 33.9 Å². The number of carbonyl (C=O) groups is 1. The Bertz CT molecular complexity index is 1250. The smallest absolute Gasteiger partial charge is 0.270 e. The summed E-state index contributed by atoms with van der Waals surface area (Å²) in [6, 6.07) is 14.1. The minimum Gasteiger partial charge on any atom is -0.366 e. The molecule has 4 rings (SSSR count). The van der Waals surface area contributed by atoms with Crippen LogP contribution in [0.25, 0.3) is 11.4 Å². The number of hydrogen-bond donors (Lipinski definition) is 2. The number of benzene rings is 2. The fourth-order valence-corrected chi connectivity index (χ4v) is 3.40. The molecular weight excluding hydrogens is 386 g/mol. The third-order valence-corrected chi connectivity index (χ3v) is 4.79. The number of nitro benzene ring substituents is 1. The Morgan fingerprint density at radius 2 is 2.03 bits per heavy atom. The van der Waals surface area contributed by atoms with Crippen molar-refractivity contribution < 1.29 is 9.72 Å². The van der Waals surface area contributed by atoms with Gasteiger partial charge in [-0.2, -0.15) is 10.2 Å². The van der Waals surface area contributed by atoms with Crippen LogP contribution < -0.4 is 11.1 Å². The predicted octanol–water partition coefficient (Wildman–Crippen LogP) is 2.50. The van der Waals surface area contributed by atoms with Crippen LogP contribution in [-0.4, -0.2) is 25.6 Å². The van der Waals surface area contributed by atoms with Crippen molar-refractivity contribution >= 4 is 17.5 Å². The van der Waals surface area contributed by atoms with Gasteiger partial charge in [-0.3, -0.25) is 14.9 Å². The highest BCUT2D eigenvalue weighted by Gasteiger charge is 2.33. The lowest BCUT2D eigenvalue weighted by Crippen LogP contribution is -2.31. The molecule has 2 heterocycles. The molecular formula is C20H15N7O3. The van der Waals surface area contributed by atoms with Crippen LogP contribution in [0.1, 0.15) is 24.1 Å². The summed E-state index contributed by atoms with van der Waals surface area (Å²) in [5, 5.41) is 27.7. The zero-order valence-corrected chi connectivity index (χ0v) is 15.7. The highest BCUT2D eigenvalue weighted by molar-refractivity contribution is 5.95. The topological polar surface area (TPSA) is 153 Å². The number of non-ortho nitro benzene ring substituents is 1. The number of nitriles is 1. The number of primary amides is 1. The maximum Gasteiger partial charge on any atom is 0.270 e. The number of aromatic nitrogens is 3. The van der Waals surface area contributed by atoms with E-state index in [1.165, 1.54) is 16.8 Å². The Labute approximate surface area is 170 Å². The highest BCUT2D eigenvalue weighted by Crippen LogP contribution is 2.36. The molecule has 0 spiro atoms. The number of amides is 1. The molecule has 1 aliphatic heterocycles. The summed E-state index contributed by atoms with van der Waals surface area (Å²) in [5.41, 5.74) is 8.04. The first-order valence-electron chi connectivity index (χ1n) is 8.88. The van der Waals surface area contributed by atoms with E-state index in [1.54, 1.807) is 43.3 Å². The summed E-state index contributed by atoms with van der Waals surface area (Å²) in [6.07, 6.45) is 0. The van der Waals surface area contributed by atoms with Crippen molar-refractivity contribution in [2.45, 2.75) is 13.0 Å². The Morgan fingerprint density at radius 3 is 2.67 bits per heavy atom. The van der Waals surface area contributed by atoms with Gasteiger partial charge in [-0.15, -0.1) is 5.10 Å². The first kappa shape index (κ1) is 18.8. The molecule has 2 aromatic carbocycles. The quantitative estimate of drug-likeness (QED) is 0.503. The molecule has 1 unspecified atom stereocenters. The largest absolute Gasteiger partial charge is 0.366 e. The molecule has 148 valence electrons. The number of allylic oxidation sites excluding steroid dienone is 1. The molecule has 0 saturated heterocycles. The van der Waals surface area contributed by atoms with Crippen LogP contribution in [0.5, 0.6) is 0 Å². The molecule has 1 aromatic heterocycles. The maximum absolute atomic E-state index is 12.2. The van der Waals surface area contributed by atoms with E-state index in [0.717, 1.165) is 0 Å². The predicted molar refractivity (Wildman–Crippen MR) is 107 cm³/mol. The monoisotopic (exact) mass is 401 g/mol. The third kappa shape index (κ3) is 3.14. The second kappa shape index (κ2) is 7.14. The van der Waals surface area contributed by atoms with Crippen LogP contribution in [0.4, 0.5) is 11.6 Å². The Kier molecular flexibility index (Phi) is 4.48. The van der Waals surface area contributed by atoms with Crippen molar-refractivity contribution in [2.75, 3.05) is 5.32 Å². The normalized spacial score (nSPS) is 15.1. The Hall–Kier alpha value is -4.52. The van der Waals surface area contributed by atoms with Gasteiger partial charge in [-0.05, 0) is 24.6 Å². The molecule has 0 saturated carbocycles. The van der Waals surface area contributed by atoms with Gasteiger partial charge in [-0.25, -0.2) is 4.68 Å². The zero-order chi connectivity index (χ0) is 21.4. The highest BCUT2D eigenvalue weighted by atomic mass is 16.6. The molecule has 1 amide bonds. The number of hydrogen-bond acceptors (Lipinski definition) is 7. The van der Waals surface area contributed by atoms with E-state index < -0.39 is 16.9 Å². The van der Waals surface area contributed by atoms with Gasteiger partial charge < -0.3 is 11.1 Å². The average molecular weight is 401 g/mol. The Balaban J connectivity index is 1.86. The molecule has 1 aliphatic rings. The number of nitro groups is 1. The lowest BCUT2D eigenvalue weighted by Gasteiger charge is -2.27. The van der Waals surface area contributed by atoms with E-state index in [4.69, 9.17) is 11.0 Å². The number of fused-ring (bicyclic) bond motifs is 1. The third-order valence-electron chi connectivity index (χ3n) is 4.79. The van der Waals surface area contributed by atoms with Gasteiger partial charge in [0, 0.05) is 23.4 Å². The second-order valence-corrected chi connectivity index (χ2v) is 6.68. The SMILES string of the molecule is CC1=C(C(N)=O)C(c2ccc(C#N)cc2)n2nc(-c3cccc([N+](=O)[O-])c3)nc2N1. The van der Waals surface area contributed by atoms with Gasteiger partial charge in [-0.1, -0.05) is 24.3 Å². The van der Waals surface area contributed by atoms with Crippen LogP contribution in [0.3, 0.4) is 0 Å². The molecule has 0 aliphatic carbocycles. The van der Waals surface area contributed by atoms with Crippen LogP contribution in [-0.2, 0) is 4.79 Å². The number of anilines is 1. The van der Waals surface area contributed by atoms with E-state index in [2.05, 4.69) is 21.5 Å². The van der Waals surface area contributed by atoms with Crippen molar-refractivity contribution in [2.24, 2.45) is 5.73 Å². The lowest BCUT2D eigenvalue weighted by atomic mass is 9.95. The van der Waals surface area contributed by atoms with E-state index in [1.807, 2.05) is 0 Å². The second-order valence-electron chi connectivity index (χ2n) is 6.68. The number of carbonyl (C=O) groups excluding carboxylic acids is 1. The van der Waals surface area contributed by atoms with Crippen molar-refractivity contribution in [3.05, 3.63) is 81.0 Å². The van der Waals surface area contributed by atoms with Gasteiger partial charge in [0.2, 0.25) is 11.9 Å². The summed E-state index contributed by atoms with van der Waals surface area (Å²) in [7, 11) is 0. The van der Waals surface area contributed by atoms with Gasteiger partial charge in [0.15, 0.2) is 5.82 Å². The van der Waals surface area contributed by atoms with Crippen molar-refractivity contribution in [3.63, 3.8) is 0 Å². The molecule has 10 heteroatoms. The van der Waals surface area contributed by atoms with Crippen LogP contribution in [0.15, 0.2) is 59.8 Å². The van der Waals surface area contributed by atoms with Gasteiger partial charge >= 0.3 is 0 Å². The molecule has 10 nitrogen and oxygen atoms in total. The van der Waals surface area contributed by atoms with E-state index >= 15 is 0 Å². The molecule has 0 bridgehead atoms. The summed E-state index contributed by atoms with van der Waals surface area (Å²) in [5.74, 6) is 0.0131. The Morgan fingerprint density at radius 1 is 1.30 bits per heavy atom. The minimum absolute atomic E-state index is 0.0796. The first-order valence-corrected chi connectivity index (χ1v) is 8.88. The minimum atomic E-state index is -0.661. The van der Waals surface area contributed by atoms with Crippen LogP contribution in [0.2, 0.25) is 0 Å². The van der Waals surface area contributed by atoms with Crippen molar-refractivity contribution in [1.82, 2.24) is 14.8 Å². The molecule has 1 atom stereocenters. The van der Waals surface area contributed by atoms with Gasteiger partial charge in [0.05, 0.1) is 22.1 Å². The number of nitrogens with one attached hydrogen (secondary N) is 1. The van der Waals surface area contributed by atoms with Crippen LogP contribution >= 0.6 is 0 Å². The molecule has 0 radical (unpaired) electrons. The fourth-order valence-electron chi connectivity index (χ4n) is 3.40. The van der Waals surface area contributed by atoms with Crippen molar-refractivity contribution in [1.29, 1.82) is 5.26 Å². The van der Waals surface area contributed by atoms with Gasteiger partial charge in [0.25, 0.3) is 5.69 Å².